The van der Waals surface area contributed by atoms with Gasteiger partial charge in [-0.2, -0.15) is 0 Å². The standard InChI is InChI=1S/C14H14N2O2/c1-10-8-15-14(16-9-10)13(17)7-11-4-3-5-12(6-11)18-2/h3-6,8-9H,7H2,1-2H3. The normalized spacial score (nSPS) is 10.1. The first-order valence-electron chi connectivity index (χ1n) is 5.64. The van der Waals surface area contributed by atoms with E-state index < -0.39 is 0 Å². The Bertz CT molecular complexity index is 550. The van der Waals surface area contributed by atoms with Crippen LogP contribution < -0.4 is 4.74 Å². The summed E-state index contributed by atoms with van der Waals surface area (Å²) in [6.07, 6.45) is 3.57. The molecule has 2 aromatic rings. The summed E-state index contributed by atoms with van der Waals surface area (Å²) in [5.41, 5.74) is 1.83. The molecule has 0 fully saturated rings. The Morgan fingerprint density at radius 2 is 2.00 bits per heavy atom. The lowest BCUT2D eigenvalue weighted by Gasteiger charge is -2.03. The van der Waals surface area contributed by atoms with Gasteiger partial charge in [0.15, 0.2) is 5.82 Å². The van der Waals surface area contributed by atoms with E-state index in [4.69, 9.17) is 4.74 Å². The van der Waals surface area contributed by atoms with Crippen molar-refractivity contribution in [1.82, 2.24) is 9.97 Å². The summed E-state index contributed by atoms with van der Waals surface area (Å²) in [5, 5.41) is 0. The third kappa shape index (κ3) is 2.91. The van der Waals surface area contributed by atoms with E-state index in [0.717, 1.165) is 16.9 Å². The Kier molecular flexibility index (Phi) is 3.67. The molecule has 0 radical (unpaired) electrons. The number of nitrogens with zero attached hydrogens (tertiary/aromatic N) is 2. The maximum absolute atomic E-state index is 12.0. The van der Waals surface area contributed by atoms with E-state index in [-0.39, 0.29) is 18.0 Å². The van der Waals surface area contributed by atoms with Gasteiger partial charge in [-0.3, -0.25) is 4.79 Å². The fraction of sp³-hybridized carbons (Fsp3) is 0.214. The minimum atomic E-state index is -0.0942. The van der Waals surface area contributed by atoms with Crippen LogP contribution in [0.25, 0.3) is 0 Å². The third-order valence-electron chi connectivity index (χ3n) is 2.53. The number of rotatable bonds is 4. The van der Waals surface area contributed by atoms with Crippen molar-refractivity contribution in [3.8, 4) is 5.75 Å². The molecule has 18 heavy (non-hydrogen) atoms. The van der Waals surface area contributed by atoms with E-state index in [1.54, 1.807) is 19.5 Å². The molecule has 0 amide bonds. The van der Waals surface area contributed by atoms with Crippen LogP contribution in [0.4, 0.5) is 0 Å². The van der Waals surface area contributed by atoms with Gasteiger partial charge in [-0.15, -0.1) is 0 Å². The van der Waals surface area contributed by atoms with Gasteiger partial charge >= 0.3 is 0 Å². The molecular weight excluding hydrogens is 228 g/mol. The lowest BCUT2D eigenvalue weighted by molar-refractivity contribution is 0.0983. The topological polar surface area (TPSA) is 52.1 Å². The Morgan fingerprint density at radius 1 is 1.28 bits per heavy atom. The first kappa shape index (κ1) is 12.2. The van der Waals surface area contributed by atoms with Crippen molar-refractivity contribution in [2.75, 3.05) is 7.11 Å². The zero-order valence-electron chi connectivity index (χ0n) is 10.4. The molecule has 0 aliphatic carbocycles. The van der Waals surface area contributed by atoms with Gasteiger partial charge in [-0.1, -0.05) is 12.1 Å². The number of carbonyl (C=O) groups is 1. The molecule has 0 atom stereocenters. The van der Waals surface area contributed by atoms with E-state index >= 15 is 0 Å². The molecule has 0 bridgehead atoms. The highest BCUT2D eigenvalue weighted by atomic mass is 16.5. The number of benzene rings is 1. The van der Waals surface area contributed by atoms with E-state index in [0.29, 0.717) is 0 Å². The van der Waals surface area contributed by atoms with Crippen LogP contribution in [0.15, 0.2) is 36.7 Å². The summed E-state index contributed by atoms with van der Waals surface area (Å²) < 4.78 is 5.12. The van der Waals surface area contributed by atoms with Gasteiger partial charge in [0.25, 0.3) is 0 Å². The van der Waals surface area contributed by atoms with Crippen molar-refractivity contribution in [2.24, 2.45) is 0 Å². The fourth-order valence-corrected chi connectivity index (χ4v) is 1.58. The number of methoxy groups -OCH3 is 1. The monoisotopic (exact) mass is 242 g/mol. The molecule has 2 rings (SSSR count). The van der Waals surface area contributed by atoms with Gasteiger partial charge in [0.2, 0.25) is 5.78 Å². The van der Waals surface area contributed by atoms with Crippen LogP contribution in [-0.4, -0.2) is 22.9 Å². The molecular formula is C14H14N2O2. The van der Waals surface area contributed by atoms with E-state index in [1.807, 2.05) is 31.2 Å². The quantitative estimate of drug-likeness (QED) is 0.771. The molecule has 0 aliphatic rings. The number of hydrogen-bond donors (Lipinski definition) is 0. The molecule has 0 N–H and O–H groups in total. The Morgan fingerprint density at radius 3 is 2.67 bits per heavy atom. The number of aryl methyl sites for hydroxylation is 1. The number of hydrogen-bond acceptors (Lipinski definition) is 4. The lowest BCUT2D eigenvalue weighted by atomic mass is 10.1. The van der Waals surface area contributed by atoms with Crippen LogP contribution in [0.5, 0.6) is 5.75 Å². The molecule has 0 aliphatic heterocycles. The lowest BCUT2D eigenvalue weighted by Crippen LogP contribution is -2.08. The Hall–Kier alpha value is -2.23. The zero-order valence-corrected chi connectivity index (χ0v) is 10.4. The van der Waals surface area contributed by atoms with Crippen molar-refractivity contribution in [2.45, 2.75) is 13.3 Å². The fourth-order valence-electron chi connectivity index (χ4n) is 1.58. The molecule has 4 heteroatoms. The summed E-state index contributed by atoms with van der Waals surface area (Å²) in [5.74, 6) is 0.900. The van der Waals surface area contributed by atoms with E-state index in [1.165, 1.54) is 0 Å². The van der Waals surface area contributed by atoms with Crippen molar-refractivity contribution in [3.63, 3.8) is 0 Å². The van der Waals surface area contributed by atoms with Crippen molar-refractivity contribution in [1.29, 1.82) is 0 Å². The largest absolute Gasteiger partial charge is 0.497 e. The zero-order chi connectivity index (χ0) is 13.0. The second-order valence-electron chi connectivity index (χ2n) is 4.04. The molecule has 1 aromatic carbocycles. The van der Waals surface area contributed by atoms with Gasteiger partial charge in [0, 0.05) is 18.8 Å². The number of aromatic nitrogens is 2. The van der Waals surface area contributed by atoms with Gasteiger partial charge in [0.05, 0.1) is 7.11 Å². The van der Waals surface area contributed by atoms with Crippen LogP contribution >= 0.6 is 0 Å². The summed E-state index contributed by atoms with van der Waals surface area (Å²) in [4.78, 5) is 20.0. The maximum Gasteiger partial charge on any atom is 0.204 e. The number of carbonyl (C=O) groups excluding carboxylic acids is 1. The van der Waals surface area contributed by atoms with Crippen LogP contribution in [-0.2, 0) is 6.42 Å². The molecule has 0 unspecified atom stereocenters. The third-order valence-corrected chi connectivity index (χ3v) is 2.53. The van der Waals surface area contributed by atoms with Gasteiger partial charge in [0.1, 0.15) is 5.75 Å². The minimum Gasteiger partial charge on any atom is -0.497 e. The van der Waals surface area contributed by atoms with Gasteiger partial charge in [-0.05, 0) is 30.2 Å². The van der Waals surface area contributed by atoms with Gasteiger partial charge < -0.3 is 4.74 Å². The number of ketones is 1. The second kappa shape index (κ2) is 5.40. The van der Waals surface area contributed by atoms with Crippen LogP contribution in [0.2, 0.25) is 0 Å². The van der Waals surface area contributed by atoms with Crippen molar-refractivity contribution in [3.05, 3.63) is 53.6 Å². The average Bonchev–Trinajstić information content (AvgIpc) is 2.39. The summed E-state index contributed by atoms with van der Waals surface area (Å²) in [6.45, 7) is 1.89. The van der Waals surface area contributed by atoms with Gasteiger partial charge in [-0.25, -0.2) is 9.97 Å². The molecule has 0 spiro atoms. The summed E-state index contributed by atoms with van der Waals surface area (Å²) >= 11 is 0. The highest BCUT2D eigenvalue weighted by Gasteiger charge is 2.10. The smallest absolute Gasteiger partial charge is 0.204 e. The molecule has 0 saturated carbocycles. The van der Waals surface area contributed by atoms with Crippen LogP contribution in [0.1, 0.15) is 21.7 Å². The average molecular weight is 242 g/mol. The Labute approximate surface area is 106 Å². The Balaban J connectivity index is 2.13. The SMILES string of the molecule is COc1cccc(CC(=O)c2ncc(C)cn2)c1. The molecule has 4 nitrogen and oxygen atoms in total. The van der Waals surface area contributed by atoms with Crippen LogP contribution in [0.3, 0.4) is 0 Å². The predicted octanol–water partition coefficient (Wildman–Crippen LogP) is 2.22. The summed E-state index contributed by atoms with van der Waals surface area (Å²) in [6, 6.07) is 7.43. The molecule has 1 heterocycles. The van der Waals surface area contributed by atoms with Crippen molar-refractivity contribution >= 4 is 5.78 Å². The number of Topliss-reactive ketones (excluding diaryl/α,β-unsaturated/α-hetero) is 1. The van der Waals surface area contributed by atoms with E-state index in [9.17, 15) is 4.79 Å². The molecule has 92 valence electrons. The predicted molar refractivity (Wildman–Crippen MR) is 67.8 cm³/mol. The second-order valence-corrected chi connectivity index (χ2v) is 4.04. The summed E-state index contributed by atoms with van der Waals surface area (Å²) in [7, 11) is 1.60. The first-order valence-corrected chi connectivity index (χ1v) is 5.64. The maximum atomic E-state index is 12.0. The molecule has 0 saturated heterocycles. The highest BCUT2D eigenvalue weighted by molar-refractivity contribution is 5.94. The first-order chi connectivity index (χ1) is 8.69. The minimum absolute atomic E-state index is 0.0942. The number of ether oxygens (including phenoxy) is 1. The van der Waals surface area contributed by atoms with E-state index in [2.05, 4.69) is 9.97 Å². The molecule has 1 aromatic heterocycles. The highest BCUT2D eigenvalue weighted by Crippen LogP contribution is 2.14. The van der Waals surface area contributed by atoms with Crippen molar-refractivity contribution < 1.29 is 9.53 Å². The van der Waals surface area contributed by atoms with Crippen LogP contribution in [0, 0.1) is 6.92 Å².